The maximum atomic E-state index is 11.0. The minimum Gasteiger partial charge on any atom is -0.493 e. The van der Waals surface area contributed by atoms with Crippen LogP contribution >= 0.6 is 7.59 Å². The lowest BCUT2D eigenvalue weighted by Crippen LogP contribution is -2.24. The van der Waals surface area contributed by atoms with Gasteiger partial charge < -0.3 is 9.47 Å². The molecule has 96 valence electrons. The van der Waals surface area contributed by atoms with E-state index in [0.29, 0.717) is 24.5 Å². The van der Waals surface area contributed by atoms with Crippen LogP contribution in [0.5, 0.6) is 11.5 Å². The van der Waals surface area contributed by atoms with Crippen LogP contribution in [-0.2, 0) is 11.0 Å². The minimum absolute atomic E-state index is 0.444. The molecule has 5 N–H and O–H groups in total. The molecule has 0 amide bonds. The van der Waals surface area contributed by atoms with Crippen molar-refractivity contribution >= 4 is 7.59 Å². The Labute approximate surface area is 101 Å². The quantitative estimate of drug-likeness (QED) is 0.655. The summed E-state index contributed by atoms with van der Waals surface area (Å²) in [7, 11) is 0.0161. The molecule has 0 aromatic heterocycles. The molecule has 0 aliphatic carbocycles. The Morgan fingerprint density at radius 3 is 2.41 bits per heavy atom. The molecule has 17 heavy (non-hydrogen) atoms. The zero-order valence-corrected chi connectivity index (χ0v) is 10.9. The van der Waals surface area contributed by atoms with E-state index in [1.807, 2.05) is 18.2 Å². The first-order valence-electron chi connectivity index (χ1n) is 5.09. The smallest absolute Gasteiger partial charge is 0.273 e. The summed E-state index contributed by atoms with van der Waals surface area (Å²) >= 11 is 0. The van der Waals surface area contributed by atoms with Crippen LogP contribution in [0.2, 0.25) is 0 Å². The molecule has 0 atom stereocenters. The van der Waals surface area contributed by atoms with Crippen LogP contribution in [0.3, 0.4) is 0 Å². The second kappa shape index (κ2) is 6.02. The molecular weight excluding hydrogens is 241 g/mol. The SMILES string of the molecule is COc1ccc(CCNP(N)(N)=O)cc1OC. The lowest BCUT2D eigenvalue weighted by atomic mass is 10.1. The summed E-state index contributed by atoms with van der Waals surface area (Å²) in [6.07, 6.45) is 0.652. The van der Waals surface area contributed by atoms with Gasteiger partial charge in [-0.3, -0.25) is 15.6 Å². The fourth-order valence-corrected chi connectivity index (χ4v) is 1.87. The van der Waals surface area contributed by atoms with Crippen molar-refractivity contribution < 1.29 is 14.0 Å². The maximum absolute atomic E-state index is 11.0. The summed E-state index contributed by atoms with van der Waals surface area (Å²) < 4.78 is 21.3. The minimum atomic E-state index is -3.14. The first-order valence-corrected chi connectivity index (χ1v) is 6.94. The molecular formula is C10H18N3O3P. The standard InChI is InChI=1S/C10H18N3O3P/c1-15-9-4-3-8(7-10(9)16-2)5-6-13-17(11,12)14/h3-4,7H,5-6H2,1-2H3,(H5,11,12,13,14). The third kappa shape index (κ3) is 4.75. The zero-order valence-electron chi connectivity index (χ0n) is 9.97. The van der Waals surface area contributed by atoms with Gasteiger partial charge in [-0.05, 0) is 24.1 Å². The Morgan fingerprint density at radius 1 is 1.24 bits per heavy atom. The molecule has 0 aliphatic rings. The number of hydrogen-bond acceptors (Lipinski definition) is 3. The zero-order chi connectivity index (χ0) is 12.9. The maximum Gasteiger partial charge on any atom is 0.273 e. The van der Waals surface area contributed by atoms with Gasteiger partial charge >= 0.3 is 0 Å². The van der Waals surface area contributed by atoms with E-state index in [9.17, 15) is 4.57 Å². The summed E-state index contributed by atoms with van der Waals surface area (Å²) in [5.74, 6) is 1.33. The highest BCUT2D eigenvalue weighted by atomic mass is 31.2. The van der Waals surface area contributed by atoms with Crippen molar-refractivity contribution in [1.29, 1.82) is 0 Å². The van der Waals surface area contributed by atoms with Gasteiger partial charge in [0, 0.05) is 6.54 Å². The van der Waals surface area contributed by atoms with Crippen LogP contribution in [0.25, 0.3) is 0 Å². The number of ether oxygens (including phenoxy) is 2. The molecule has 1 aromatic carbocycles. The van der Waals surface area contributed by atoms with E-state index >= 15 is 0 Å². The van der Waals surface area contributed by atoms with Crippen molar-refractivity contribution in [2.75, 3.05) is 20.8 Å². The summed E-state index contributed by atoms with van der Waals surface area (Å²) in [4.78, 5) is 0. The highest BCUT2D eigenvalue weighted by Crippen LogP contribution is 2.27. The Balaban J connectivity index is 2.63. The third-order valence-electron chi connectivity index (χ3n) is 2.22. The highest BCUT2D eigenvalue weighted by Gasteiger charge is 2.07. The molecule has 0 fully saturated rings. The lowest BCUT2D eigenvalue weighted by molar-refractivity contribution is 0.354. The van der Waals surface area contributed by atoms with Crippen molar-refractivity contribution in [3.8, 4) is 11.5 Å². The Morgan fingerprint density at radius 2 is 1.88 bits per heavy atom. The molecule has 1 rings (SSSR count). The summed E-state index contributed by atoms with van der Waals surface area (Å²) in [5.41, 5.74) is 11.4. The Bertz CT molecular complexity index is 419. The number of methoxy groups -OCH3 is 2. The molecule has 0 aliphatic heterocycles. The fraction of sp³-hybridized carbons (Fsp3) is 0.400. The Kier molecular flexibility index (Phi) is 4.96. The third-order valence-corrected chi connectivity index (χ3v) is 2.94. The van der Waals surface area contributed by atoms with Gasteiger partial charge in [-0.15, -0.1) is 0 Å². The second-order valence-electron chi connectivity index (χ2n) is 3.56. The molecule has 0 bridgehead atoms. The van der Waals surface area contributed by atoms with Crippen LogP contribution in [0.4, 0.5) is 0 Å². The Hall–Kier alpha value is -1.07. The molecule has 0 radical (unpaired) electrons. The average molecular weight is 259 g/mol. The molecule has 0 spiro atoms. The molecule has 1 aromatic rings. The predicted molar refractivity (Wildman–Crippen MR) is 67.2 cm³/mol. The lowest BCUT2D eigenvalue weighted by Gasteiger charge is -2.11. The fourth-order valence-electron chi connectivity index (χ4n) is 1.41. The van der Waals surface area contributed by atoms with E-state index in [4.69, 9.17) is 20.5 Å². The van der Waals surface area contributed by atoms with Gasteiger partial charge in [0.25, 0.3) is 7.59 Å². The van der Waals surface area contributed by atoms with Crippen molar-refractivity contribution in [2.45, 2.75) is 6.42 Å². The number of rotatable bonds is 6. The van der Waals surface area contributed by atoms with Crippen LogP contribution in [0.15, 0.2) is 18.2 Å². The van der Waals surface area contributed by atoms with Gasteiger partial charge in [-0.25, -0.2) is 5.09 Å². The number of benzene rings is 1. The van der Waals surface area contributed by atoms with Crippen LogP contribution in [0, 0.1) is 0 Å². The predicted octanol–water partition coefficient (Wildman–Crippen LogP) is 0.861. The van der Waals surface area contributed by atoms with Gasteiger partial charge in [0.05, 0.1) is 14.2 Å². The molecule has 0 heterocycles. The second-order valence-corrected chi connectivity index (χ2v) is 5.29. The number of nitrogens with two attached hydrogens (primary N) is 2. The summed E-state index contributed by atoms with van der Waals surface area (Å²) in [6.45, 7) is 0.444. The van der Waals surface area contributed by atoms with Crippen LogP contribution < -0.4 is 25.6 Å². The van der Waals surface area contributed by atoms with E-state index < -0.39 is 7.59 Å². The van der Waals surface area contributed by atoms with Crippen molar-refractivity contribution in [2.24, 2.45) is 11.0 Å². The molecule has 0 unspecified atom stereocenters. The van der Waals surface area contributed by atoms with Crippen molar-refractivity contribution in [3.05, 3.63) is 23.8 Å². The number of hydrogen-bond donors (Lipinski definition) is 3. The summed E-state index contributed by atoms with van der Waals surface area (Å²) in [6, 6.07) is 5.58. The van der Waals surface area contributed by atoms with Crippen LogP contribution in [0.1, 0.15) is 5.56 Å². The average Bonchev–Trinajstić information content (AvgIpc) is 2.27. The monoisotopic (exact) mass is 259 g/mol. The van der Waals surface area contributed by atoms with Gasteiger partial charge in [-0.1, -0.05) is 6.07 Å². The topological polar surface area (TPSA) is 99.6 Å². The largest absolute Gasteiger partial charge is 0.493 e. The van der Waals surface area contributed by atoms with E-state index in [1.165, 1.54) is 0 Å². The van der Waals surface area contributed by atoms with Gasteiger partial charge in [0.15, 0.2) is 11.5 Å². The van der Waals surface area contributed by atoms with Gasteiger partial charge in [0.1, 0.15) is 0 Å². The molecule has 0 saturated carbocycles. The molecule has 0 saturated heterocycles. The van der Waals surface area contributed by atoms with E-state index in [-0.39, 0.29) is 0 Å². The summed E-state index contributed by atoms with van der Waals surface area (Å²) in [5, 5.41) is 2.58. The highest BCUT2D eigenvalue weighted by molar-refractivity contribution is 7.56. The molecule has 6 nitrogen and oxygen atoms in total. The molecule has 7 heteroatoms. The van der Waals surface area contributed by atoms with E-state index in [2.05, 4.69) is 5.09 Å². The first-order chi connectivity index (χ1) is 7.96. The van der Waals surface area contributed by atoms with Gasteiger partial charge in [0.2, 0.25) is 0 Å². The van der Waals surface area contributed by atoms with Crippen LogP contribution in [-0.4, -0.2) is 20.8 Å². The van der Waals surface area contributed by atoms with E-state index in [0.717, 1.165) is 5.56 Å². The first kappa shape index (κ1) is 14.0. The number of nitrogens with one attached hydrogen (secondary N) is 1. The van der Waals surface area contributed by atoms with Crippen molar-refractivity contribution in [1.82, 2.24) is 5.09 Å². The van der Waals surface area contributed by atoms with E-state index in [1.54, 1.807) is 14.2 Å². The normalized spacial score (nSPS) is 11.3. The van der Waals surface area contributed by atoms with Crippen molar-refractivity contribution in [3.63, 3.8) is 0 Å². The van der Waals surface area contributed by atoms with Gasteiger partial charge in [-0.2, -0.15) is 0 Å².